The summed E-state index contributed by atoms with van der Waals surface area (Å²) < 4.78 is 0. The summed E-state index contributed by atoms with van der Waals surface area (Å²) >= 11 is 1.15. The first-order chi connectivity index (χ1) is 15.4. The lowest BCUT2D eigenvalue weighted by molar-refractivity contribution is 0.103. The average Bonchev–Trinajstić information content (AvgIpc) is 3.24. The second-order valence-electron chi connectivity index (χ2n) is 6.81. The van der Waals surface area contributed by atoms with E-state index in [2.05, 4.69) is 30.6 Å². The first-order valence-corrected chi connectivity index (χ1v) is 10.3. The molecule has 158 valence electrons. The van der Waals surface area contributed by atoms with Gasteiger partial charge in [-0.2, -0.15) is 5.26 Å². The van der Waals surface area contributed by atoms with Crippen molar-refractivity contribution in [3.05, 3.63) is 70.8 Å². The van der Waals surface area contributed by atoms with Crippen LogP contribution in [0.2, 0.25) is 0 Å². The third-order valence-electron chi connectivity index (χ3n) is 4.47. The van der Waals surface area contributed by atoms with Crippen LogP contribution in [0.4, 0.5) is 16.6 Å². The molecule has 0 unspecified atom stereocenters. The number of thiazole rings is 1. The van der Waals surface area contributed by atoms with Crippen LogP contribution in [0.5, 0.6) is 5.75 Å². The predicted octanol–water partition coefficient (Wildman–Crippen LogP) is 4.19. The number of nitrogens with one attached hydrogen (secondary N) is 2. The number of hydrogen-bond acceptors (Lipinski definition) is 9. The first-order valence-electron chi connectivity index (χ1n) is 9.48. The van der Waals surface area contributed by atoms with E-state index in [1.54, 1.807) is 50.4 Å². The summed E-state index contributed by atoms with van der Waals surface area (Å²) in [6, 6.07) is 12.1. The Kier molecular flexibility index (Phi) is 5.74. The molecule has 0 saturated heterocycles. The molecule has 0 radical (unpaired) electrons. The van der Waals surface area contributed by atoms with Crippen molar-refractivity contribution in [2.75, 3.05) is 10.6 Å². The number of carbonyl (C=O) groups is 1. The number of benzene rings is 1. The Bertz CT molecular complexity index is 1320. The van der Waals surface area contributed by atoms with E-state index >= 15 is 0 Å². The topological polar surface area (TPSA) is 137 Å². The molecule has 0 aliphatic heterocycles. The maximum absolute atomic E-state index is 12.6. The molecule has 3 aromatic heterocycles. The third kappa shape index (κ3) is 4.53. The van der Waals surface area contributed by atoms with Crippen LogP contribution in [0.15, 0.2) is 48.8 Å². The van der Waals surface area contributed by atoms with Crippen molar-refractivity contribution < 1.29 is 9.90 Å². The minimum atomic E-state index is -0.372. The van der Waals surface area contributed by atoms with Crippen molar-refractivity contribution in [1.29, 1.82) is 5.26 Å². The largest absolute Gasteiger partial charge is 0.506 e. The smallest absolute Gasteiger partial charge is 0.267 e. The van der Waals surface area contributed by atoms with Gasteiger partial charge in [-0.25, -0.2) is 19.9 Å². The van der Waals surface area contributed by atoms with Crippen LogP contribution in [-0.4, -0.2) is 30.9 Å². The van der Waals surface area contributed by atoms with Gasteiger partial charge in [-0.05, 0) is 37.6 Å². The monoisotopic (exact) mass is 443 g/mol. The molecule has 1 amide bonds. The molecular formula is C22H17N7O2S. The number of carbonyl (C=O) groups excluding carboxylic acids is 1. The first kappa shape index (κ1) is 20.9. The van der Waals surface area contributed by atoms with Crippen molar-refractivity contribution in [2.24, 2.45) is 0 Å². The van der Waals surface area contributed by atoms with Crippen molar-refractivity contribution in [1.82, 2.24) is 19.9 Å². The highest BCUT2D eigenvalue weighted by atomic mass is 32.1. The quantitative estimate of drug-likeness (QED) is 0.391. The number of pyridine rings is 1. The number of phenolic OH excluding ortho intramolecular Hbond substituents is 1. The highest BCUT2D eigenvalue weighted by Crippen LogP contribution is 2.29. The van der Waals surface area contributed by atoms with Crippen molar-refractivity contribution in [3.8, 4) is 23.1 Å². The van der Waals surface area contributed by atoms with E-state index in [1.807, 2.05) is 6.07 Å². The number of para-hydroxylation sites is 1. The Balaban J connectivity index is 1.52. The van der Waals surface area contributed by atoms with Gasteiger partial charge in [0.15, 0.2) is 5.13 Å². The summed E-state index contributed by atoms with van der Waals surface area (Å²) in [5.74, 6) is 0.680. The lowest BCUT2D eigenvalue weighted by atomic mass is 10.2. The van der Waals surface area contributed by atoms with Gasteiger partial charge in [0.1, 0.15) is 34.0 Å². The molecule has 1 aromatic carbocycles. The molecule has 0 aliphatic carbocycles. The van der Waals surface area contributed by atoms with Gasteiger partial charge in [-0.1, -0.05) is 23.5 Å². The van der Waals surface area contributed by atoms with Crippen molar-refractivity contribution >= 4 is 33.9 Å². The van der Waals surface area contributed by atoms with E-state index in [1.165, 1.54) is 12.3 Å². The predicted molar refractivity (Wildman–Crippen MR) is 121 cm³/mol. The van der Waals surface area contributed by atoms with Crippen LogP contribution in [0.1, 0.15) is 26.8 Å². The number of amides is 1. The van der Waals surface area contributed by atoms with E-state index < -0.39 is 0 Å². The van der Waals surface area contributed by atoms with Gasteiger partial charge in [-0.15, -0.1) is 0 Å². The summed E-state index contributed by atoms with van der Waals surface area (Å²) in [5.41, 5.74) is 2.83. The van der Waals surface area contributed by atoms with Gasteiger partial charge in [0.05, 0.1) is 17.6 Å². The number of nitriles is 1. The number of aryl methyl sites for hydroxylation is 2. The van der Waals surface area contributed by atoms with Crippen molar-refractivity contribution in [2.45, 2.75) is 13.8 Å². The van der Waals surface area contributed by atoms with Crippen LogP contribution >= 0.6 is 11.3 Å². The number of hydrogen-bond donors (Lipinski definition) is 3. The second-order valence-corrected chi connectivity index (χ2v) is 7.84. The Morgan fingerprint density at radius 3 is 2.69 bits per heavy atom. The number of aromatic nitrogens is 4. The standard InChI is InChI=1S/C22H17N7O2S/c1-12-4-3-5-17(30)20(12)29-21(31)18-11-25-22(32-18)28-19-8-16(26-13(2)27-19)14-6-7-15(9-23)24-10-14/h3-8,10-11,30H,1-2H3,(H,29,31)(H,25,26,27,28). The molecule has 3 heterocycles. The van der Waals surface area contributed by atoms with E-state index in [0.717, 1.165) is 22.5 Å². The molecule has 0 fully saturated rings. The lowest BCUT2D eigenvalue weighted by Crippen LogP contribution is -2.11. The molecule has 0 aliphatic rings. The molecule has 0 bridgehead atoms. The fourth-order valence-corrected chi connectivity index (χ4v) is 3.65. The zero-order valence-corrected chi connectivity index (χ0v) is 17.9. The molecule has 0 atom stereocenters. The summed E-state index contributed by atoms with van der Waals surface area (Å²) in [6.45, 7) is 3.56. The Labute approximate surface area is 187 Å². The number of anilines is 3. The van der Waals surface area contributed by atoms with Crippen LogP contribution in [0, 0.1) is 25.2 Å². The van der Waals surface area contributed by atoms with Gasteiger partial charge < -0.3 is 15.7 Å². The fourth-order valence-electron chi connectivity index (χ4n) is 2.93. The number of phenols is 1. The van der Waals surface area contributed by atoms with Crippen LogP contribution in [0.25, 0.3) is 11.3 Å². The van der Waals surface area contributed by atoms with E-state index in [9.17, 15) is 9.90 Å². The van der Waals surface area contributed by atoms with E-state index in [4.69, 9.17) is 5.26 Å². The Morgan fingerprint density at radius 2 is 1.97 bits per heavy atom. The second kappa shape index (κ2) is 8.79. The number of aromatic hydroxyl groups is 1. The summed E-state index contributed by atoms with van der Waals surface area (Å²) in [7, 11) is 0. The Morgan fingerprint density at radius 1 is 1.12 bits per heavy atom. The van der Waals surface area contributed by atoms with Crippen molar-refractivity contribution in [3.63, 3.8) is 0 Å². The molecule has 10 heteroatoms. The fraction of sp³-hybridized carbons (Fsp3) is 0.0909. The molecule has 0 saturated carbocycles. The van der Waals surface area contributed by atoms with Crippen LogP contribution in [0.3, 0.4) is 0 Å². The summed E-state index contributed by atoms with van der Waals surface area (Å²) in [4.78, 5) is 30.1. The molecule has 9 nitrogen and oxygen atoms in total. The molecule has 4 rings (SSSR count). The third-order valence-corrected chi connectivity index (χ3v) is 5.38. The highest BCUT2D eigenvalue weighted by molar-refractivity contribution is 7.17. The Hall–Kier alpha value is -4.36. The van der Waals surface area contributed by atoms with Gasteiger partial charge >= 0.3 is 0 Å². The maximum atomic E-state index is 12.6. The lowest BCUT2D eigenvalue weighted by Gasteiger charge is -2.09. The zero-order valence-electron chi connectivity index (χ0n) is 17.1. The average molecular weight is 443 g/mol. The normalized spacial score (nSPS) is 10.4. The van der Waals surface area contributed by atoms with E-state index in [0.29, 0.717) is 38.7 Å². The molecule has 3 N–H and O–H groups in total. The molecule has 0 spiro atoms. The number of nitrogens with zero attached hydrogens (tertiary/aromatic N) is 5. The minimum absolute atomic E-state index is 0.00231. The van der Waals surface area contributed by atoms with Gasteiger partial charge in [0.2, 0.25) is 0 Å². The van der Waals surface area contributed by atoms with Gasteiger partial charge in [0.25, 0.3) is 5.91 Å². The molecule has 4 aromatic rings. The highest BCUT2D eigenvalue weighted by Gasteiger charge is 2.15. The van der Waals surface area contributed by atoms with Gasteiger partial charge in [-0.3, -0.25) is 4.79 Å². The van der Waals surface area contributed by atoms with E-state index in [-0.39, 0.29) is 11.7 Å². The van der Waals surface area contributed by atoms with Gasteiger partial charge in [0, 0.05) is 17.8 Å². The summed E-state index contributed by atoms with van der Waals surface area (Å²) in [6.07, 6.45) is 3.04. The molecule has 32 heavy (non-hydrogen) atoms. The number of rotatable bonds is 5. The minimum Gasteiger partial charge on any atom is -0.506 e. The maximum Gasteiger partial charge on any atom is 0.267 e. The molecular weight excluding hydrogens is 426 g/mol. The zero-order chi connectivity index (χ0) is 22.7. The summed E-state index contributed by atoms with van der Waals surface area (Å²) in [5, 5.41) is 25.2. The SMILES string of the molecule is Cc1nc(Nc2ncc(C(=O)Nc3c(C)cccc3O)s2)cc(-c2ccc(C#N)nc2)n1. The van der Waals surface area contributed by atoms with Crippen LogP contribution < -0.4 is 10.6 Å². The van der Waals surface area contributed by atoms with Crippen LogP contribution in [-0.2, 0) is 0 Å².